The van der Waals surface area contributed by atoms with E-state index in [4.69, 9.17) is 11.6 Å². The molecule has 2 amide bonds. The SMILES string of the molecule is CC(C)(C)NC(=O)[C@H](Cc1ccccc1)N(Cc1cccc(Br)c1)C(=O)CN(c1cc(C(F)(F)F)ccc1Cl)S(C)(=O)=O. The number of nitrogens with one attached hydrogen (secondary N) is 1. The molecule has 0 saturated carbocycles. The standard InChI is InChI=1S/C30H32BrClF3N3O4S/c1-29(2,3)36-28(40)26(16-20-9-6-5-7-10-20)37(18-21-11-8-12-23(31)15-21)27(39)19-38(43(4,41)42)25-17-22(30(33,34)35)13-14-24(25)32/h5-15,17,26H,16,18-19H2,1-4H3,(H,36,40)/t26-/m0/s1. The van der Waals surface area contributed by atoms with Gasteiger partial charge in [0, 0.05) is 23.0 Å². The quantitative estimate of drug-likeness (QED) is 0.264. The molecule has 0 radical (unpaired) electrons. The van der Waals surface area contributed by atoms with Crippen LogP contribution in [-0.2, 0) is 38.8 Å². The monoisotopic (exact) mass is 701 g/mol. The van der Waals surface area contributed by atoms with Gasteiger partial charge in [-0.3, -0.25) is 13.9 Å². The molecule has 43 heavy (non-hydrogen) atoms. The van der Waals surface area contributed by atoms with E-state index >= 15 is 0 Å². The Kier molecular flexibility index (Phi) is 11.0. The van der Waals surface area contributed by atoms with E-state index in [0.29, 0.717) is 20.4 Å². The first kappa shape index (κ1) is 34.4. The third-order valence-electron chi connectivity index (χ3n) is 6.23. The van der Waals surface area contributed by atoms with E-state index in [-0.39, 0.29) is 18.0 Å². The summed E-state index contributed by atoms with van der Waals surface area (Å²) in [6, 6.07) is 17.1. The molecule has 0 unspecified atom stereocenters. The molecule has 0 saturated heterocycles. The Balaban J connectivity index is 2.14. The summed E-state index contributed by atoms with van der Waals surface area (Å²) in [5, 5.41) is 2.61. The molecular weight excluding hydrogens is 671 g/mol. The van der Waals surface area contributed by atoms with Gasteiger partial charge in [0.25, 0.3) is 0 Å². The highest BCUT2D eigenvalue weighted by molar-refractivity contribution is 9.10. The Labute approximate surface area is 263 Å². The molecule has 1 N–H and O–H groups in total. The molecule has 3 aromatic rings. The van der Waals surface area contributed by atoms with Crippen LogP contribution >= 0.6 is 27.5 Å². The zero-order chi connectivity index (χ0) is 32.2. The molecule has 3 aromatic carbocycles. The van der Waals surface area contributed by atoms with Crippen molar-refractivity contribution in [3.63, 3.8) is 0 Å². The van der Waals surface area contributed by atoms with E-state index in [0.717, 1.165) is 24.0 Å². The van der Waals surface area contributed by atoms with Crippen molar-refractivity contribution in [2.75, 3.05) is 17.1 Å². The van der Waals surface area contributed by atoms with Gasteiger partial charge in [-0.2, -0.15) is 13.2 Å². The number of amides is 2. The van der Waals surface area contributed by atoms with Gasteiger partial charge in [-0.05, 0) is 62.2 Å². The number of alkyl halides is 3. The summed E-state index contributed by atoms with van der Waals surface area (Å²) in [4.78, 5) is 29.1. The maximum atomic E-state index is 14.1. The number of sulfonamides is 1. The van der Waals surface area contributed by atoms with Crippen molar-refractivity contribution < 1.29 is 31.2 Å². The molecule has 0 aliphatic heterocycles. The maximum Gasteiger partial charge on any atom is 0.416 e. The van der Waals surface area contributed by atoms with Crippen molar-refractivity contribution in [2.24, 2.45) is 0 Å². The fourth-order valence-corrected chi connectivity index (χ4v) is 5.88. The highest BCUT2D eigenvalue weighted by Crippen LogP contribution is 2.36. The van der Waals surface area contributed by atoms with Gasteiger partial charge >= 0.3 is 6.18 Å². The van der Waals surface area contributed by atoms with E-state index in [1.807, 2.05) is 0 Å². The second-order valence-corrected chi connectivity index (χ2v) is 14.3. The molecular formula is C30H32BrClF3N3O4S. The molecule has 0 spiro atoms. The van der Waals surface area contributed by atoms with Crippen LogP contribution < -0.4 is 9.62 Å². The minimum absolute atomic E-state index is 0.0890. The lowest BCUT2D eigenvalue weighted by atomic mass is 10.0. The van der Waals surface area contributed by atoms with E-state index < -0.39 is 57.4 Å². The molecule has 0 fully saturated rings. The number of rotatable bonds is 10. The van der Waals surface area contributed by atoms with Crippen molar-refractivity contribution in [1.82, 2.24) is 10.2 Å². The van der Waals surface area contributed by atoms with Crippen molar-refractivity contribution in [3.05, 3.63) is 99.0 Å². The summed E-state index contributed by atoms with van der Waals surface area (Å²) in [5.74, 6) is -1.30. The largest absolute Gasteiger partial charge is 0.416 e. The van der Waals surface area contributed by atoms with Crippen LogP contribution in [0, 0.1) is 0 Å². The van der Waals surface area contributed by atoms with Gasteiger partial charge in [0.2, 0.25) is 21.8 Å². The van der Waals surface area contributed by atoms with Gasteiger partial charge in [0.15, 0.2) is 0 Å². The second-order valence-electron chi connectivity index (χ2n) is 11.0. The smallest absolute Gasteiger partial charge is 0.350 e. The summed E-state index contributed by atoms with van der Waals surface area (Å²) in [6.07, 6.45) is -3.93. The van der Waals surface area contributed by atoms with Crippen molar-refractivity contribution in [2.45, 2.75) is 51.5 Å². The number of hydrogen-bond donors (Lipinski definition) is 1. The molecule has 13 heteroatoms. The number of carbonyl (C=O) groups is 2. The lowest BCUT2D eigenvalue weighted by Gasteiger charge is -2.35. The zero-order valence-corrected chi connectivity index (χ0v) is 27.1. The number of halogens is 5. The van der Waals surface area contributed by atoms with Crippen LogP contribution in [0.2, 0.25) is 5.02 Å². The van der Waals surface area contributed by atoms with Gasteiger partial charge in [0.05, 0.1) is 22.5 Å². The maximum absolute atomic E-state index is 14.1. The van der Waals surface area contributed by atoms with Crippen LogP contribution in [0.15, 0.2) is 77.3 Å². The van der Waals surface area contributed by atoms with Gasteiger partial charge in [-0.25, -0.2) is 8.42 Å². The molecule has 1 atom stereocenters. The average molecular weight is 703 g/mol. The minimum atomic E-state index is -4.79. The number of benzene rings is 3. The molecule has 0 aliphatic rings. The summed E-state index contributed by atoms with van der Waals surface area (Å²) in [7, 11) is -4.32. The summed E-state index contributed by atoms with van der Waals surface area (Å²) >= 11 is 9.58. The summed E-state index contributed by atoms with van der Waals surface area (Å²) in [5.41, 5.74) is -0.934. The number of hydrogen-bond acceptors (Lipinski definition) is 4. The van der Waals surface area contributed by atoms with Crippen LogP contribution in [0.1, 0.15) is 37.5 Å². The number of nitrogens with zero attached hydrogens (tertiary/aromatic N) is 2. The fourth-order valence-electron chi connectivity index (χ4n) is 4.31. The second kappa shape index (κ2) is 13.7. The van der Waals surface area contributed by atoms with Crippen molar-refractivity contribution >= 4 is 55.1 Å². The first-order valence-electron chi connectivity index (χ1n) is 13.1. The molecule has 7 nitrogen and oxygen atoms in total. The van der Waals surface area contributed by atoms with Crippen molar-refractivity contribution in [1.29, 1.82) is 0 Å². The third-order valence-corrected chi connectivity index (χ3v) is 8.17. The molecule has 0 bridgehead atoms. The lowest BCUT2D eigenvalue weighted by Crippen LogP contribution is -2.56. The molecule has 0 heterocycles. The van der Waals surface area contributed by atoms with Crippen LogP contribution in [0.25, 0.3) is 0 Å². The van der Waals surface area contributed by atoms with Gasteiger partial charge < -0.3 is 10.2 Å². The Morgan fingerprint density at radius 1 is 0.953 bits per heavy atom. The average Bonchev–Trinajstić information content (AvgIpc) is 2.88. The molecule has 0 aliphatic carbocycles. The molecule has 0 aromatic heterocycles. The summed E-state index contributed by atoms with van der Waals surface area (Å²) in [6.45, 7) is 4.35. The van der Waals surface area contributed by atoms with E-state index in [9.17, 15) is 31.2 Å². The lowest BCUT2D eigenvalue weighted by molar-refractivity contribution is -0.140. The van der Waals surface area contributed by atoms with Crippen molar-refractivity contribution in [3.8, 4) is 0 Å². The van der Waals surface area contributed by atoms with Gasteiger partial charge in [0.1, 0.15) is 12.6 Å². The van der Waals surface area contributed by atoms with Crippen LogP contribution in [-0.4, -0.2) is 49.5 Å². The highest BCUT2D eigenvalue weighted by Gasteiger charge is 2.36. The normalized spacial score (nSPS) is 12.9. The molecule has 232 valence electrons. The van der Waals surface area contributed by atoms with Crippen LogP contribution in [0.5, 0.6) is 0 Å². The Hall–Kier alpha value is -3.09. The Morgan fingerprint density at radius 3 is 2.14 bits per heavy atom. The van der Waals surface area contributed by atoms with Gasteiger partial charge in [-0.15, -0.1) is 0 Å². The first-order chi connectivity index (χ1) is 19.8. The molecule has 3 rings (SSSR count). The van der Waals surface area contributed by atoms with Crippen LogP contribution in [0.4, 0.5) is 18.9 Å². The number of anilines is 1. The first-order valence-corrected chi connectivity index (χ1v) is 16.1. The Morgan fingerprint density at radius 2 is 1.58 bits per heavy atom. The van der Waals surface area contributed by atoms with Crippen LogP contribution in [0.3, 0.4) is 0 Å². The van der Waals surface area contributed by atoms with E-state index in [1.54, 1.807) is 75.4 Å². The fraction of sp³-hybridized carbons (Fsp3) is 0.333. The zero-order valence-electron chi connectivity index (χ0n) is 24.0. The van der Waals surface area contributed by atoms with Gasteiger partial charge in [-0.1, -0.05) is 70.0 Å². The third kappa shape index (κ3) is 9.97. The highest BCUT2D eigenvalue weighted by atomic mass is 79.9. The summed E-state index contributed by atoms with van der Waals surface area (Å²) < 4.78 is 67.7. The predicted molar refractivity (Wildman–Crippen MR) is 165 cm³/mol. The Bertz CT molecular complexity index is 1560. The van der Waals surface area contributed by atoms with E-state index in [2.05, 4.69) is 21.2 Å². The van der Waals surface area contributed by atoms with E-state index in [1.165, 1.54) is 4.90 Å². The minimum Gasteiger partial charge on any atom is -0.350 e. The number of carbonyl (C=O) groups excluding carboxylic acids is 2. The topological polar surface area (TPSA) is 86.8 Å². The predicted octanol–water partition coefficient (Wildman–Crippen LogP) is 6.44.